The highest BCUT2D eigenvalue weighted by Gasteiger charge is 2.25. The fourth-order valence-corrected chi connectivity index (χ4v) is 4.39. The number of sulfonamides is 1. The van der Waals surface area contributed by atoms with Gasteiger partial charge in [0.25, 0.3) is 0 Å². The lowest BCUT2D eigenvalue weighted by atomic mass is 10.0. The zero-order chi connectivity index (χ0) is 17.2. The number of carboxylic acid groups (broad SMARTS) is 1. The lowest BCUT2D eigenvalue weighted by molar-refractivity contribution is 0.0697. The second kappa shape index (κ2) is 6.70. The molecule has 7 heteroatoms. The zero-order valence-corrected chi connectivity index (χ0v) is 13.9. The molecule has 0 unspecified atom stereocenters. The molecule has 1 aromatic carbocycles. The standard InChI is InChI=1S/C17H18N2O4S/c20-17(21)16-12-18-9-8-15(16)13-4-6-14(7-5-13)24(22,23)19-10-2-1-3-11-19/h4-9,12H,1-3,10-11H2,(H,20,21). The Kier molecular flexibility index (Phi) is 4.64. The quantitative estimate of drug-likeness (QED) is 0.919. The molecule has 126 valence electrons. The first kappa shape index (κ1) is 16.6. The van der Waals surface area contributed by atoms with E-state index in [4.69, 9.17) is 0 Å². The molecule has 3 rings (SSSR count). The van der Waals surface area contributed by atoms with Gasteiger partial charge >= 0.3 is 5.97 Å². The maximum atomic E-state index is 12.6. The monoisotopic (exact) mass is 346 g/mol. The number of hydrogen-bond donors (Lipinski definition) is 1. The summed E-state index contributed by atoms with van der Waals surface area (Å²) in [4.78, 5) is 15.3. The van der Waals surface area contributed by atoms with E-state index in [-0.39, 0.29) is 10.5 Å². The van der Waals surface area contributed by atoms with Gasteiger partial charge < -0.3 is 5.11 Å². The largest absolute Gasteiger partial charge is 0.478 e. The van der Waals surface area contributed by atoms with Crippen molar-refractivity contribution in [2.24, 2.45) is 0 Å². The highest BCUT2D eigenvalue weighted by atomic mass is 32.2. The Morgan fingerprint density at radius 1 is 1.04 bits per heavy atom. The van der Waals surface area contributed by atoms with E-state index in [1.54, 1.807) is 18.2 Å². The topological polar surface area (TPSA) is 87.6 Å². The fraction of sp³-hybridized carbons (Fsp3) is 0.294. The smallest absolute Gasteiger partial charge is 0.337 e. The number of nitrogens with zero attached hydrogens (tertiary/aromatic N) is 2. The molecule has 1 fully saturated rings. The molecular formula is C17H18N2O4S. The molecule has 0 amide bonds. The molecule has 2 aromatic rings. The molecule has 0 atom stereocenters. The zero-order valence-electron chi connectivity index (χ0n) is 13.1. The Bertz CT molecular complexity index is 841. The van der Waals surface area contributed by atoms with E-state index in [1.165, 1.54) is 28.8 Å². The number of aromatic carboxylic acids is 1. The molecule has 1 N–H and O–H groups in total. The van der Waals surface area contributed by atoms with Crippen molar-refractivity contribution >= 4 is 16.0 Å². The van der Waals surface area contributed by atoms with Crippen molar-refractivity contribution in [2.75, 3.05) is 13.1 Å². The van der Waals surface area contributed by atoms with Crippen LogP contribution >= 0.6 is 0 Å². The van der Waals surface area contributed by atoms with Crippen LogP contribution in [0.5, 0.6) is 0 Å². The van der Waals surface area contributed by atoms with E-state index < -0.39 is 16.0 Å². The van der Waals surface area contributed by atoms with Crippen LogP contribution in [0.3, 0.4) is 0 Å². The summed E-state index contributed by atoms with van der Waals surface area (Å²) in [6.07, 6.45) is 5.63. The first-order chi connectivity index (χ1) is 11.5. The normalized spacial score (nSPS) is 16.0. The molecule has 0 bridgehead atoms. The van der Waals surface area contributed by atoms with Gasteiger partial charge in [-0.05, 0) is 42.2 Å². The third-order valence-electron chi connectivity index (χ3n) is 4.17. The number of aromatic nitrogens is 1. The number of pyridine rings is 1. The highest BCUT2D eigenvalue weighted by molar-refractivity contribution is 7.89. The van der Waals surface area contributed by atoms with E-state index in [0.29, 0.717) is 24.2 Å². The van der Waals surface area contributed by atoms with Crippen molar-refractivity contribution in [3.63, 3.8) is 0 Å². The van der Waals surface area contributed by atoms with E-state index in [2.05, 4.69) is 4.98 Å². The minimum Gasteiger partial charge on any atom is -0.478 e. The number of carbonyl (C=O) groups is 1. The van der Waals surface area contributed by atoms with Crippen molar-refractivity contribution in [3.8, 4) is 11.1 Å². The van der Waals surface area contributed by atoms with Gasteiger partial charge in [-0.15, -0.1) is 0 Å². The lowest BCUT2D eigenvalue weighted by Gasteiger charge is -2.25. The molecular weight excluding hydrogens is 328 g/mol. The van der Waals surface area contributed by atoms with Gasteiger partial charge in [-0.2, -0.15) is 4.31 Å². The van der Waals surface area contributed by atoms with Crippen molar-refractivity contribution in [2.45, 2.75) is 24.2 Å². The molecule has 0 saturated carbocycles. The Morgan fingerprint density at radius 3 is 2.33 bits per heavy atom. The van der Waals surface area contributed by atoms with Crippen LogP contribution in [0.4, 0.5) is 0 Å². The molecule has 24 heavy (non-hydrogen) atoms. The van der Waals surface area contributed by atoms with E-state index >= 15 is 0 Å². The third kappa shape index (κ3) is 3.18. The van der Waals surface area contributed by atoms with Gasteiger partial charge in [0, 0.05) is 25.5 Å². The molecule has 1 aliphatic rings. The molecule has 0 radical (unpaired) electrons. The second-order valence-corrected chi connectivity index (χ2v) is 7.65. The second-order valence-electron chi connectivity index (χ2n) is 5.72. The minimum atomic E-state index is -3.48. The number of hydrogen-bond acceptors (Lipinski definition) is 4. The molecule has 1 saturated heterocycles. The van der Waals surface area contributed by atoms with E-state index in [1.807, 2.05) is 0 Å². The average molecular weight is 346 g/mol. The van der Waals surface area contributed by atoms with Crippen LogP contribution in [0.15, 0.2) is 47.6 Å². The fourth-order valence-electron chi connectivity index (χ4n) is 2.88. The van der Waals surface area contributed by atoms with E-state index in [9.17, 15) is 18.3 Å². The van der Waals surface area contributed by atoms with Crippen LogP contribution < -0.4 is 0 Å². The van der Waals surface area contributed by atoms with Crippen molar-refractivity contribution < 1.29 is 18.3 Å². The minimum absolute atomic E-state index is 0.0872. The maximum absolute atomic E-state index is 12.6. The lowest BCUT2D eigenvalue weighted by Crippen LogP contribution is -2.35. The van der Waals surface area contributed by atoms with Gasteiger partial charge in [-0.1, -0.05) is 18.6 Å². The highest BCUT2D eigenvalue weighted by Crippen LogP contribution is 2.26. The molecule has 0 aliphatic carbocycles. The Labute approximate surface area is 140 Å². The molecule has 1 aromatic heterocycles. The summed E-state index contributed by atoms with van der Waals surface area (Å²) in [6.45, 7) is 1.11. The molecule has 0 spiro atoms. The summed E-state index contributed by atoms with van der Waals surface area (Å²) in [5, 5.41) is 9.24. The Morgan fingerprint density at radius 2 is 1.71 bits per heavy atom. The van der Waals surface area contributed by atoms with Gasteiger partial charge in [-0.3, -0.25) is 4.98 Å². The number of benzene rings is 1. The van der Waals surface area contributed by atoms with Crippen LogP contribution in [0.1, 0.15) is 29.6 Å². The van der Waals surface area contributed by atoms with Crippen LogP contribution in [0, 0.1) is 0 Å². The van der Waals surface area contributed by atoms with Crippen molar-refractivity contribution in [1.29, 1.82) is 0 Å². The number of rotatable bonds is 4. The van der Waals surface area contributed by atoms with Crippen LogP contribution in [0.25, 0.3) is 11.1 Å². The maximum Gasteiger partial charge on any atom is 0.337 e. The van der Waals surface area contributed by atoms with Crippen molar-refractivity contribution in [1.82, 2.24) is 9.29 Å². The molecule has 6 nitrogen and oxygen atoms in total. The molecule has 1 aliphatic heterocycles. The predicted octanol–water partition coefficient (Wildman–Crippen LogP) is 2.62. The van der Waals surface area contributed by atoms with Crippen LogP contribution in [-0.2, 0) is 10.0 Å². The third-order valence-corrected chi connectivity index (χ3v) is 6.08. The summed E-state index contributed by atoms with van der Waals surface area (Å²) in [5.41, 5.74) is 1.25. The Hall–Kier alpha value is -2.25. The Balaban J connectivity index is 1.93. The summed E-state index contributed by atoms with van der Waals surface area (Å²) < 4.78 is 26.8. The number of piperidine rings is 1. The van der Waals surface area contributed by atoms with Crippen molar-refractivity contribution in [3.05, 3.63) is 48.3 Å². The van der Waals surface area contributed by atoms with Crippen LogP contribution in [0.2, 0.25) is 0 Å². The van der Waals surface area contributed by atoms with Gasteiger partial charge in [0.2, 0.25) is 10.0 Å². The van der Waals surface area contributed by atoms with Gasteiger partial charge in [0.15, 0.2) is 0 Å². The van der Waals surface area contributed by atoms with Crippen LogP contribution in [-0.4, -0.2) is 41.9 Å². The summed E-state index contributed by atoms with van der Waals surface area (Å²) in [6, 6.07) is 7.95. The first-order valence-corrected chi connectivity index (χ1v) is 9.22. The molecule has 2 heterocycles. The van der Waals surface area contributed by atoms with Gasteiger partial charge in [-0.25, -0.2) is 13.2 Å². The summed E-state index contributed by atoms with van der Waals surface area (Å²) in [5.74, 6) is -1.07. The number of carboxylic acids is 1. The first-order valence-electron chi connectivity index (χ1n) is 7.78. The average Bonchev–Trinajstić information content (AvgIpc) is 2.62. The summed E-state index contributed by atoms with van der Waals surface area (Å²) >= 11 is 0. The SMILES string of the molecule is O=C(O)c1cnccc1-c1ccc(S(=O)(=O)N2CCCCC2)cc1. The predicted molar refractivity (Wildman–Crippen MR) is 89.2 cm³/mol. The van der Waals surface area contributed by atoms with Gasteiger partial charge in [0.05, 0.1) is 10.5 Å². The van der Waals surface area contributed by atoms with E-state index in [0.717, 1.165) is 19.3 Å². The summed E-state index contributed by atoms with van der Waals surface area (Å²) in [7, 11) is -3.48. The van der Waals surface area contributed by atoms with Gasteiger partial charge in [0.1, 0.15) is 0 Å².